The third-order valence-electron chi connectivity index (χ3n) is 4.13. The number of aromatic nitrogens is 1. The molecular formula is C20H21ClN2O2. The summed E-state index contributed by atoms with van der Waals surface area (Å²) in [5.41, 5.74) is 2.65. The van der Waals surface area contributed by atoms with Crippen molar-refractivity contribution in [3.05, 3.63) is 70.9 Å². The van der Waals surface area contributed by atoms with Gasteiger partial charge in [0.05, 0.1) is 11.7 Å². The van der Waals surface area contributed by atoms with Gasteiger partial charge < -0.3 is 15.0 Å². The summed E-state index contributed by atoms with van der Waals surface area (Å²) in [7, 11) is 0. The van der Waals surface area contributed by atoms with Gasteiger partial charge in [0.15, 0.2) is 0 Å². The number of hydrogen-bond donors (Lipinski definition) is 2. The minimum atomic E-state index is -0.0929. The van der Waals surface area contributed by atoms with Crippen molar-refractivity contribution in [1.82, 2.24) is 10.3 Å². The molecule has 130 valence electrons. The number of fused-ring (bicyclic) bond motifs is 1. The Balaban J connectivity index is 1.45. The second kappa shape index (κ2) is 8.19. The quantitative estimate of drug-likeness (QED) is 0.602. The van der Waals surface area contributed by atoms with Crippen molar-refractivity contribution in [3.8, 4) is 0 Å². The molecule has 5 heteroatoms. The zero-order valence-corrected chi connectivity index (χ0v) is 14.8. The summed E-state index contributed by atoms with van der Waals surface area (Å²) in [6.45, 7) is 3.20. The van der Waals surface area contributed by atoms with Gasteiger partial charge >= 0.3 is 0 Å². The summed E-state index contributed by atoms with van der Waals surface area (Å²) >= 11 is 5.96. The maximum atomic E-state index is 12.3. The summed E-state index contributed by atoms with van der Waals surface area (Å²) < 4.78 is 5.81. The van der Waals surface area contributed by atoms with Crippen LogP contribution in [-0.2, 0) is 4.74 Å². The molecular weight excluding hydrogens is 336 g/mol. The highest BCUT2D eigenvalue weighted by Gasteiger charge is 2.11. The van der Waals surface area contributed by atoms with Crippen molar-refractivity contribution >= 4 is 28.4 Å². The van der Waals surface area contributed by atoms with Gasteiger partial charge in [-0.15, -0.1) is 0 Å². The fourth-order valence-electron chi connectivity index (χ4n) is 2.74. The lowest BCUT2D eigenvalue weighted by molar-refractivity contribution is 0.0635. The van der Waals surface area contributed by atoms with Crippen molar-refractivity contribution < 1.29 is 9.53 Å². The summed E-state index contributed by atoms with van der Waals surface area (Å²) in [5, 5.41) is 4.45. The van der Waals surface area contributed by atoms with E-state index in [-0.39, 0.29) is 12.0 Å². The van der Waals surface area contributed by atoms with Gasteiger partial charge in [-0.3, -0.25) is 4.79 Å². The number of amides is 1. The summed E-state index contributed by atoms with van der Waals surface area (Å²) in [5.74, 6) is -0.0929. The molecule has 0 bridgehead atoms. The van der Waals surface area contributed by atoms with Gasteiger partial charge in [0, 0.05) is 35.3 Å². The van der Waals surface area contributed by atoms with E-state index in [0.717, 1.165) is 22.9 Å². The molecule has 0 radical (unpaired) electrons. The fourth-order valence-corrected chi connectivity index (χ4v) is 2.91. The number of carbonyl (C=O) groups is 1. The predicted molar refractivity (Wildman–Crippen MR) is 101 cm³/mol. The molecule has 0 aliphatic heterocycles. The Hall–Kier alpha value is -2.30. The number of nitrogens with one attached hydrogen (secondary N) is 2. The Labute approximate surface area is 152 Å². The van der Waals surface area contributed by atoms with Gasteiger partial charge in [-0.05, 0) is 31.0 Å². The first-order valence-electron chi connectivity index (χ1n) is 8.36. The Morgan fingerprint density at radius 1 is 1.24 bits per heavy atom. The lowest BCUT2D eigenvalue weighted by atomic mass is 10.1. The molecule has 1 atom stereocenters. The molecule has 0 fully saturated rings. The maximum absolute atomic E-state index is 12.3. The van der Waals surface area contributed by atoms with E-state index in [2.05, 4.69) is 22.4 Å². The molecule has 1 amide bonds. The molecule has 2 N–H and O–H groups in total. The topological polar surface area (TPSA) is 54.1 Å². The van der Waals surface area contributed by atoms with E-state index in [1.807, 2.05) is 37.3 Å². The molecule has 2 aromatic carbocycles. The highest BCUT2D eigenvalue weighted by molar-refractivity contribution is 6.31. The van der Waals surface area contributed by atoms with E-state index in [1.54, 1.807) is 12.3 Å². The molecule has 0 aliphatic rings. The third-order valence-corrected chi connectivity index (χ3v) is 4.37. The normalized spacial score (nSPS) is 12.2. The molecule has 0 saturated heterocycles. The van der Waals surface area contributed by atoms with E-state index >= 15 is 0 Å². The highest BCUT2D eigenvalue weighted by Crippen LogP contribution is 2.22. The summed E-state index contributed by atoms with van der Waals surface area (Å²) in [6, 6.07) is 15.6. The first kappa shape index (κ1) is 17.5. The Morgan fingerprint density at radius 2 is 2.04 bits per heavy atom. The molecule has 25 heavy (non-hydrogen) atoms. The monoisotopic (exact) mass is 356 g/mol. The van der Waals surface area contributed by atoms with Crippen molar-refractivity contribution in [1.29, 1.82) is 0 Å². The van der Waals surface area contributed by atoms with Gasteiger partial charge in [-0.25, -0.2) is 0 Å². The van der Waals surface area contributed by atoms with Crippen LogP contribution in [0.5, 0.6) is 0 Å². The first-order valence-corrected chi connectivity index (χ1v) is 8.74. The Bertz CT molecular complexity index is 845. The lowest BCUT2D eigenvalue weighted by Gasteiger charge is -2.13. The predicted octanol–water partition coefficient (Wildman–Crippen LogP) is 4.72. The van der Waals surface area contributed by atoms with Crippen LogP contribution >= 0.6 is 11.6 Å². The fraction of sp³-hybridized carbons (Fsp3) is 0.250. The number of H-pyrrole nitrogens is 1. The standard InChI is InChI=1S/C20H21ClN2O2/c1-14(15-6-3-2-4-7-15)25-11-5-10-22-20(24)18-13-23-19-12-16(21)8-9-17(18)19/h2-4,6-9,12-14,23H,5,10-11H2,1H3,(H,22,24)/t14-/m0/s1. The molecule has 0 unspecified atom stereocenters. The molecule has 0 saturated carbocycles. The number of aromatic amines is 1. The lowest BCUT2D eigenvalue weighted by Crippen LogP contribution is -2.25. The van der Waals surface area contributed by atoms with Gasteiger partial charge in [0.25, 0.3) is 5.91 Å². The van der Waals surface area contributed by atoms with Crippen LogP contribution in [0.1, 0.15) is 35.4 Å². The van der Waals surface area contributed by atoms with Crippen LogP contribution < -0.4 is 5.32 Å². The summed E-state index contributed by atoms with van der Waals surface area (Å²) in [6.07, 6.45) is 2.52. The molecule has 1 heterocycles. The molecule has 3 rings (SSSR count). The van der Waals surface area contributed by atoms with Crippen LogP contribution in [-0.4, -0.2) is 24.0 Å². The minimum absolute atomic E-state index is 0.0512. The second-order valence-electron chi connectivity index (χ2n) is 5.93. The van der Waals surface area contributed by atoms with Gasteiger partial charge in [-0.2, -0.15) is 0 Å². The largest absolute Gasteiger partial charge is 0.374 e. The summed E-state index contributed by atoms with van der Waals surface area (Å²) in [4.78, 5) is 15.4. The van der Waals surface area contributed by atoms with Crippen LogP contribution in [0.3, 0.4) is 0 Å². The van der Waals surface area contributed by atoms with Crippen molar-refractivity contribution in [3.63, 3.8) is 0 Å². The van der Waals surface area contributed by atoms with E-state index in [1.165, 1.54) is 0 Å². The van der Waals surface area contributed by atoms with Gasteiger partial charge in [-0.1, -0.05) is 48.0 Å². The van der Waals surface area contributed by atoms with Crippen LogP contribution in [0.2, 0.25) is 5.02 Å². The maximum Gasteiger partial charge on any atom is 0.253 e. The van der Waals surface area contributed by atoms with E-state index in [0.29, 0.717) is 23.7 Å². The van der Waals surface area contributed by atoms with E-state index in [4.69, 9.17) is 16.3 Å². The van der Waals surface area contributed by atoms with Gasteiger partial charge in [0.2, 0.25) is 0 Å². The molecule has 3 aromatic rings. The SMILES string of the molecule is C[C@H](OCCCNC(=O)c1c[nH]c2cc(Cl)ccc12)c1ccccc1. The Morgan fingerprint density at radius 3 is 2.84 bits per heavy atom. The van der Waals surface area contributed by atoms with Crippen LogP contribution in [0.4, 0.5) is 0 Å². The number of carbonyl (C=O) groups excluding carboxylic acids is 1. The number of hydrogen-bond acceptors (Lipinski definition) is 2. The highest BCUT2D eigenvalue weighted by atomic mass is 35.5. The zero-order chi connectivity index (χ0) is 17.6. The van der Waals surface area contributed by atoms with Crippen molar-refractivity contribution in [2.45, 2.75) is 19.4 Å². The smallest absolute Gasteiger partial charge is 0.253 e. The van der Waals surface area contributed by atoms with Crippen LogP contribution in [0, 0.1) is 0 Å². The molecule has 0 spiro atoms. The number of ether oxygens (including phenoxy) is 1. The minimum Gasteiger partial charge on any atom is -0.374 e. The zero-order valence-electron chi connectivity index (χ0n) is 14.1. The van der Waals surface area contributed by atoms with E-state index in [9.17, 15) is 4.79 Å². The number of halogens is 1. The molecule has 1 aromatic heterocycles. The third kappa shape index (κ3) is 4.41. The average molecular weight is 357 g/mol. The number of benzene rings is 2. The molecule has 4 nitrogen and oxygen atoms in total. The molecule has 0 aliphatic carbocycles. The number of rotatable bonds is 7. The van der Waals surface area contributed by atoms with Crippen molar-refractivity contribution in [2.75, 3.05) is 13.2 Å². The first-order chi connectivity index (χ1) is 12.1. The van der Waals surface area contributed by atoms with Crippen LogP contribution in [0.25, 0.3) is 10.9 Å². The van der Waals surface area contributed by atoms with Crippen LogP contribution in [0.15, 0.2) is 54.7 Å². The average Bonchev–Trinajstić information content (AvgIpc) is 3.05. The second-order valence-corrected chi connectivity index (χ2v) is 6.36. The Kier molecular flexibility index (Phi) is 5.74. The van der Waals surface area contributed by atoms with Gasteiger partial charge in [0.1, 0.15) is 0 Å². The van der Waals surface area contributed by atoms with E-state index < -0.39 is 0 Å². The van der Waals surface area contributed by atoms with Crippen molar-refractivity contribution in [2.24, 2.45) is 0 Å².